The van der Waals surface area contributed by atoms with Gasteiger partial charge < -0.3 is 4.74 Å². The molecule has 2 aromatic rings. The van der Waals surface area contributed by atoms with Gasteiger partial charge in [0.15, 0.2) is 6.29 Å². The van der Waals surface area contributed by atoms with Crippen LogP contribution in [0.3, 0.4) is 0 Å². The summed E-state index contributed by atoms with van der Waals surface area (Å²) in [5, 5.41) is 8.70. The van der Waals surface area contributed by atoms with Crippen molar-refractivity contribution >= 4 is 6.29 Å². The molecular formula is C15H12N2O2. The number of aryl methyl sites for hydroxylation is 1. The van der Waals surface area contributed by atoms with E-state index in [4.69, 9.17) is 10.00 Å². The van der Waals surface area contributed by atoms with Crippen molar-refractivity contribution in [2.75, 3.05) is 0 Å². The van der Waals surface area contributed by atoms with Gasteiger partial charge in [-0.2, -0.15) is 5.26 Å². The van der Waals surface area contributed by atoms with E-state index in [0.717, 1.165) is 11.3 Å². The number of pyridine rings is 1. The Balaban J connectivity index is 2.10. The number of benzene rings is 1. The van der Waals surface area contributed by atoms with Crippen molar-refractivity contribution in [2.45, 2.75) is 13.5 Å². The minimum atomic E-state index is 0.300. The van der Waals surface area contributed by atoms with Crippen molar-refractivity contribution < 1.29 is 9.53 Å². The summed E-state index contributed by atoms with van der Waals surface area (Å²) in [5.74, 6) is 0.463. The van der Waals surface area contributed by atoms with Crippen molar-refractivity contribution in [2.24, 2.45) is 0 Å². The zero-order valence-corrected chi connectivity index (χ0v) is 10.5. The molecule has 0 aliphatic carbocycles. The van der Waals surface area contributed by atoms with Crippen molar-refractivity contribution in [3.63, 3.8) is 0 Å². The van der Waals surface area contributed by atoms with E-state index in [2.05, 4.69) is 11.1 Å². The second-order valence-electron chi connectivity index (χ2n) is 4.05. The number of hydrogen-bond acceptors (Lipinski definition) is 4. The Hall–Kier alpha value is -2.67. The maximum atomic E-state index is 10.9. The number of aromatic nitrogens is 1. The third-order valence-corrected chi connectivity index (χ3v) is 2.61. The quantitative estimate of drug-likeness (QED) is 0.785. The fourth-order valence-corrected chi connectivity index (χ4v) is 1.61. The molecule has 0 aliphatic heterocycles. The number of hydrogen-bond donors (Lipinski definition) is 0. The van der Waals surface area contributed by atoms with Crippen molar-refractivity contribution in [1.29, 1.82) is 5.26 Å². The normalized spacial score (nSPS) is 9.68. The SMILES string of the molecule is Cc1ccc(OCc2ccc(C#N)cc2)c(C=O)n1. The molecule has 94 valence electrons. The van der Waals surface area contributed by atoms with Crippen molar-refractivity contribution in [1.82, 2.24) is 4.98 Å². The van der Waals surface area contributed by atoms with E-state index in [-0.39, 0.29) is 0 Å². The Bertz CT molecular complexity index is 628. The van der Waals surface area contributed by atoms with Crippen LogP contribution >= 0.6 is 0 Å². The molecule has 0 saturated heterocycles. The highest BCUT2D eigenvalue weighted by molar-refractivity contribution is 5.76. The smallest absolute Gasteiger partial charge is 0.172 e. The molecule has 0 aliphatic rings. The summed E-state index contributed by atoms with van der Waals surface area (Å²) in [7, 11) is 0. The van der Waals surface area contributed by atoms with E-state index in [1.54, 1.807) is 24.3 Å². The lowest BCUT2D eigenvalue weighted by Gasteiger charge is -2.08. The van der Waals surface area contributed by atoms with Crippen LogP contribution in [-0.2, 0) is 6.61 Å². The third-order valence-electron chi connectivity index (χ3n) is 2.61. The molecule has 0 unspecified atom stereocenters. The molecule has 4 heteroatoms. The van der Waals surface area contributed by atoms with Gasteiger partial charge in [-0.3, -0.25) is 4.79 Å². The molecule has 19 heavy (non-hydrogen) atoms. The summed E-state index contributed by atoms with van der Waals surface area (Å²) in [6, 6.07) is 12.7. The van der Waals surface area contributed by atoms with E-state index >= 15 is 0 Å². The maximum absolute atomic E-state index is 10.9. The van der Waals surface area contributed by atoms with Gasteiger partial charge in [0.1, 0.15) is 18.1 Å². The highest BCUT2D eigenvalue weighted by atomic mass is 16.5. The minimum Gasteiger partial charge on any atom is -0.487 e. The van der Waals surface area contributed by atoms with Crippen LogP contribution in [0, 0.1) is 18.3 Å². The minimum absolute atomic E-state index is 0.300. The van der Waals surface area contributed by atoms with Crippen LogP contribution in [0.4, 0.5) is 0 Å². The first-order valence-electron chi connectivity index (χ1n) is 5.77. The number of carbonyl (C=O) groups is 1. The third kappa shape index (κ3) is 3.17. The Kier molecular flexibility index (Phi) is 3.89. The highest BCUT2D eigenvalue weighted by Crippen LogP contribution is 2.17. The Morgan fingerprint density at radius 2 is 2.00 bits per heavy atom. The van der Waals surface area contributed by atoms with Gasteiger partial charge in [0.25, 0.3) is 0 Å². The molecular weight excluding hydrogens is 240 g/mol. The molecule has 1 heterocycles. The summed E-state index contributed by atoms with van der Waals surface area (Å²) in [4.78, 5) is 15.0. The molecule has 0 fully saturated rings. The Morgan fingerprint density at radius 3 is 2.63 bits per heavy atom. The topological polar surface area (TPSA) is 63.0 Å². The first-order valence-corrected chi connectivity index (χ1v) is 5.77. The lowest BCUT2D eigenvalue weighted by atomic mass is 10.1. The number of nitriles is 1. The average molecular weight is 252 g/mol. The molecule has 0 radical (unpaired) electrons. The molecule has 2 rings (SSSR count). The van der Waals surface area contributed by atoms with Gasteiger partial charge in [-0.15, -0.1) is 0 Å². The van der Waals surface area contributed by atoms with E-state index in [1.807, 2.05) is 19.1 Å². The molecule has 1 aromatic heterocycles. The van der Waals surface area contributed by atoms with Crippen LogP contribution in [-0.4, -0.2) is 11.3 Å². The summed E-state index contributed by atoms with van der Waals surface area (Å²) >= 11 is 0. The highest BCUT2D eigenvalue weighted by Gasteiger charge is 2.05. The van der Waals surface area contributed by atoms with Crippen LogP contribution in [0.5, 0.6) is 5.75 Å². The van der Waals surface area contributed by atoms with Gasteiger partial charge in [0.05, 0.1) is 11.6 Å². The van der Waals surface area contributed by atoms with E-state index in [0.29, 0.717) is 29.9 Å². The second kappa shape index (κ2) is 5.78. The number of carbonyl (C=O) groups excluding carboxylic acids is 1. The monoisotopic (exact) mass is 252 g/mol. The first kappa shape index (κ1) is 12.8. The molecule has 0 atom stereocenters. The molecule has 0 amide bonds. The summed E-state index contributed by atoms with van der Waals surface area (Å²) in [5.41, 5.74) is 2.60. The van der Waals surface area contributed by atoms with Gasteiger partial charge in [0, 0.05) is 5.69 Å². The summed E-state index contributed by atoms with van der Waals surface area (Å²) in [6.07, 6.45) is 0.682. The second-order valence-corrected chi connectivity index (χ2v) is 4.05. The van der Waals surface area contributed by atoms with Gasteiger partial charge in [-0.25, -0.2) is 4.98 Å². The van der Waals surface area contributed by atoms with Crippen LogP contribution in [0.1, 0.15) is 27.3 Å². The standard InChI is InChI=1S/C15H12N2O2/c1-11-2-7-15(14(9-18)17-11)19-10-13-5-3-12(8-16)4-6-13/h2-7,9H,10H2,1H3. The zero-order chi connectivity index (χ0) is 13.7. The number of aldehydes is 1. The van der Waals surface area contributed by atoms with Crippen LogP contribution < -0.4 is 4.74 Å². The van der Waals surface area contributed by atoms with Crippen molar-refractivity contribution in [3.8, 4) is 11.8 Å². The van der Waals surface area contributed by atoms with E-state index in [1.165, 1.54) is 0 Å². The summed E-state index contributed by atoms with van der Waals surface area (Å²) in [6.45, 7) is 2.15. The Morgan fingerprint density at radius 1 is 1.26 bits per heavy atom. The molecule has 0 spiro atoms. The van der Waals surface area contributed by atoms with Crippen LogP contribution in [0.2, 0.25) is 0 Å². The average Bonchev–Trinajstić information content (AvgIpc) is 2.46. The van der Waals surface area contributed by atoms with Crippen LogP contribution in [0.15, 0.2) is 36.4 Å². The van der Waals surface area contributed by atoms with Gasteiger partial charge in [-0.05, 0) is 36.8 Å². The maximum Gasteiger partial charge on any atom is 0.172 e. The van der Waals surface area contributed by atoms with E-state index < -0.39 is 0 Å². The number of rotatable bonds is 4. The number of nitrogens with zero attached hydrogens (tertiary/aromatic N) is 2. The zero-order valence-electron chi connectivity index (χ0n) is 10.5. The predicted molar refractivity (Wildman–Crippen MR) is 69.9 cm³/mol. The molecule has 0 saturated carbocycles. The lowest BCUT2D eigenvalue weighted by molar-refractivity contribution is 0.111. The molecule has 0 N–H and O–H groups in total. The van der Waals surface area contributed by atoms with Crippen LogP contribution in [0.25, 0.3) is 0 Å². The van der Waals surface area contributed by atoms with E-state index in [9.17, 15) is 4.79 Å². The number of ether oxygens (including phenoxy) is 1. The fourth-order valence-electron chi connectivity index (χ4n) is 1.61. The van der Waals surface area contributed by atoms with Crippen molar-refractivity contribution in [3.05, 3.63) is 58.9 Å². The lowest BCUT2D eigenvalue weighted by Crippen LogP contribution is -2.00. The van der Waals surface area contributed by atoms with Gasteiger partial charge in [0.2, 0.25) is 0 Å². The van der Waals surface area contributed by atoms with Gasteiger partial charge in [-0.1, -0.05) is 12.1 Å². The predicted octanol–water partition coefficient (Wildman–Crippen LogP) is 2.65. The molecule has 4 nitrogen and oxygen atoms in total. The first-order chi connectivity index (χ1) is 9.22. The van der Waals surface area contributed by atoms with Gasteiger partial charge >= 0.3 is 0 Å². The Labute approximate surface area is 111 Å². The fraction of sp³-hybridized carbons (Fsp3) is 0.133. The molecule has 0 bridgehead atoms. The summed E-state index contributed by atoms with van der Waals surface area (Å²) < 4.78 is 5.57. The molecule has 1 aromatic carbocycles. The largest absolute Gasteiger partial charge is 0.487 e.